The highest BCUT2D eigenvalue weighted by atomic mass is 79.9. The van der Waals surface area contributed by atoms with Crippen molar-refractivity contribution in [1.29, 1.82) is 0 Å². The molecule has 0 saturated carbocycles. The van der Waals surface area contributed by atoms with Gasteiger partial charge in [-0.15, -0.1) is 0 Å². The van der Waals surface area contributed by atoms with Crippen molar-refractivity contribution in [3.05, 3.63) is 74.6 Å². The molecule has 0 unspecified atom stereocenters. The van der Waals surface area contributed by atoms with Gasteiger partial charge in [0.05, 0.1) is 10.6 Å². The number of rotatable bonds is 5. The molecule has 0 aliphatic heterocycles. The summed E-state index contributed by atoms with van der Waals surface area (Å²) in [5.41, 5.74) is 2.50. The molecular formula is C21H13Br2ClN2O3. The van der Waals surface area contributed by atoms with Crippen LogP contribution in [-0.2, 0) is 4.79 Å². The van der Waals surface area contributed by atoms with Gasteiger partial charge in [0, 0.05) is 14.6 Å². The fourth-order valence-corrected chi connectivity index (χ4v) is 3.48. The molecule has 0 aliphatic rings. The zero-order chi connectivity index (χ0) is 20.4. The zero-order valence-electron chi connectivity index (χ0n) is 14.8. The minimum atomic E-state index is -0.272. The van der Waals surface area contributed by atoms with Crippen molar-refractivity contribution < 1.29 is 13.9 Å². The third-order valence-electron chi connectivity index (χ3n) is 4.01. The van der Waals surface area contributed by atoms with E-state index in [4.69, 9.17) is 20.8 Å². The maximum atomic E-state index is 12.2. The highest BCUT2D eigenvalue weighted by molar-refractivity contribution is 9.10. The number of benzene rings is 3. The first-order valence-corrected chi connectivity index (χ1v) is 10.5. The first kappa shape index (κ1) is 19.9. The van der Waals surface area contributed by atoms with E-state index in [0.717, 1.165) is 8.95 Å². The quantitative estimate of drug-likeness (QED) is 0.309. The summed E-state index contributed by atoms with van der Waals surface area (Å²) >= 11 is 13.0. The van der Waals surface area contributed by atoms with Gasteiger partial charge in [0.1, 0.15) is 11.3 Å². The van der Waals surface area contributed by atoms with E-state index in [1.54, 1.807) is 36.4 Å². The van der Waals surface area contributed by atoms with Crippen molar-refractivity contribution in [2.75, 3.05) is 11.9 Å². The van der Waals surface area contributed by atoms with Gasteiger partial charge in [-0.05, 0) is 60.7 Å². The Kier molecular flexibility index (Phi) is 5.89. The standard InChI is InChI=1S/C21H13Br2ClN2O3/c22-12-1-5-15(6-2-12)28-11-20(27)25-14-4-8-19-18(10-14)26-21(29-19)16-9-13(23)3-7-17(16)24/h1-10H,11H2,(H,25,27). The van der Waals surface area contributed by atoms with Gasteiger partial charge in [0.15, 0.2) is 12.2 Å². The topological polar surface area (TPSA) is 64.4 Å². The van der Waals surface area contributed by atoms with E-state index in [-0.39, 0.29) is 12.5 Å². The van der Waals surface area contributed by atoms with E-state index in [1.165, 1.54) is 0 Å². The van der Waals surface area contributed by atoms with E-state index in [2.05, 4.69) is 42.2 Å². The lowest BCUT2D eigenvalue weighted by molar-refractivity contribution is -0.118. The molecule has 1 aromatic heterocycles. The second-order valence-electron chi connectivity index (χ2n) is 6.12. The van der Waals surface area contributed by atoms with E-state index in [0.29, 0.717) is 39.0 Å². The number of carbonyl (C=O) groups is 1. The van der Waals surface area contributed by atoms with Crippen LogP contribution < -0.4 is 10.1 Å². The van der Waals surface area contributed by atoms with Gasteiger partial charge in [-0.25, -0.2) is 4.98 Å². The van der Waals surface area contributed by atoms with Crippen LogP contribution in [0.4, 0.5) is 5.69 Å². The summed E-state index contributed by atoms with van der Waals surface area (Å²) in [5, 5.41) is 3.34. The molecule has 8 heteroatoms. The molecule has 0 aliphatic carbocycles. The molecule has 0 fully saturated rings. The van der Waals surface area contributed by atoms with Crippen LogP contribution in [0.2, 0.25) is 5.02 Å². The van der Waals surface area contributed by atoms with E-state index < -0.39 is 0 Å². The third-order valence-corrected chi connectivity index (χ3v) is 5.37. The van der Waals surface area contributed by atoms with Gasteiger partial charge in [-0.2, -0.15) is 0 Å². The van der Waals surface area contributed by atoms with Crippen LogP contribution in [0.3, 0.4) is 0 Å². The maximum absolute atomic E-state index is 12.2. The molecule has 0 radical (unpaired) electrons. The molecule has 1 amide bonds. The number of anilines is 1. The van der Waals surface area contributed by atoms with Crippen LogP contribution in [0.15, 0.2) is 74.0 Å². The average Bonchev–Trinajstić information content (AvgIpc) is 3.12. The molecule has 1 N–H and O–H groups in total. The molecule has 0 bridgehead atoms. The van der Waals surface area contributed by atoms with Crippen LogP contribution in [0.5, 0.6) is 5.75 Å². The normalized spacial score (nSPS) is 10.9. The zero-order valence-corrected chi connectivity index (χ0v) is 18.7. The van der Waals surface area contributed by atoms with Crippen molar-refractivity contribution >= 4 is 66.2 Å². The number of amides is 1. The summed E-state index contributed by atoms with van der Waals surface area (Å²) in [6.07, 6.45) is 0. The Labute approximate surface area is 188 Å². The van der Waals surface area contributed by atoms with E-state index in [9.17, 15) is 4.79 Å². The number of aromatic nitrogens is 1. The molecule has 0 saturated heterocycles. The number of hydrogen-bond donors (Lipinski definition) is 1. The summed E-state index contributed by atoms with van der Waals surface area (Å²) in [5.74, 6) is 0.755. The Hall–Kier alpha value is -2.35. The Bertz CT molecular complexity index is 1190. The Morgan fingerprint density at radius 1 is 1.03 bits per heavy atom. The largest absolute Gasteiger partial charge is 0.484 e. The molecule has 3 aromatic carbocycles. The Balaban J connectivity index is 1.48. The molecular weight excluding hydrogens is 524 g/mol. The number of oxazole rings is 1. The maximum Gasteiger partial charge on any atom is 0.262 e. The first-order valence-electron chi connectivity index (χ1n) is 8.52. The third kappa shape index (κ3) is 4.80. The highest BCUT2D eigenvalue weighted by Crippen LogP contribution is 2.33. The summed E-state index contributed by atoms with van der Waals surface area (Å²) in [4.78, 5) is 16.7. The number of hydrogen-bond acceptors (Lipinski definition) is 4. The van der Waals surface area contributed by atoms with Gasteiger partial charge in [-0.3, -0.25) is 4.79 Å². The number of carbonyl (C=O) groups excluding carboxylic acids is 1. The average molecular weight is 537 g/mol. The molecule has 0 spiro atoms. The van der Waals surface area contributed by atoms with Crippen molar-refractivity contribution in [1.82, 2.24) is 4.98 Å². The SMILES string of the molecule is O=C(COc1ccc(Br)cc1)Nc1ccc2oc(-c3cc(Br)ccc3Cl)nc2c1. The van der Waals surface area contributed by atoms with Crippen LogP contribution in [0.25, 0.3) is 22.6 Å². The lowest BCUT2D eigenvalue weighted by atomic mass is 10.2. The van der Waals surface area contributed by atoms with Crippen molar-refractivity contribution in [3.63, 3.8) is 0 Å². The smallest absolute Gasteiger partial charge is 0.262 e. The second-order valence-corrected chi connectivity index (χ2v) is 8.36. The van der Waals surface area contributed by atoms with E-state index >= 15 is 0 Å². The minimum Gasteiger partial charge on any atom is -0.484 e. The molecule has 29 heavy (non-hydrogen) atoms. The number of nitrogens with one attached hydrogen (secondary N) is 1. The summed E-state index contributed by atoms with van der Waals surface area (Å²) in [7, 11) is 0. The summed E-state index contributed by atoms with van der Waals surface area (Å²) < 4.78 is 13.1. The monoisotopic (exact) mass is 534 g/mol. The van der Waals surface area contributed by atoms with Crippen LogP contribution >= 0.6 is 43.5 Å². The predicted octanol–water partition coefficient (Wildman–Crippen LogP) is 6.69. The molecule has 4 rings (SSSR count). The molecule has 4 aromatic rings. The molecule has 1 heterocycles. The Morgan fingerprint density at radius 2 is 1.79 bits per heavy atom. The summed E-state index contributed by atoms with van der Waals surface area (Å²) in [6.45, 7) is -0.0998. The van der Waals surface area contributed by atoms with Crippen molar-refractivity contribution in [2.45, 2.75) is 0 Å². The fraction of sp³-hybridized carbons (Fsp3) is 0.0476. The predicted molar refractivity (Wildman–Crippen MR) is 120 cm³/mol. The number of ether oxygens (including phenoxy) is 1. The van der Waals surface area contributed by atoms with Crippen LogP contribution in [0, 0.1) is 0 Å². The van der Waals surface area contributed by atoms with Crippen LogP contribution in [-0.4, -0.2) is 17.5 Å². The van der Waals surface area contributed by atoms with Gasteiger partial charge in [0.2, 0.25) is 5.89 Å². The molecule has 0 atom stereocenters. The molecule has 5 nitrogen and oxygen atoms in total. The van der Waals surface area contributed by atoms with Crippen molar-refractivity contribution in [2.24, 2.45) is 0 Å². The number of fused-ring (bicyclic) bond motifs is 1. The van der Waals surface area contributed by atoms with Gasteiger partial charge in [0.25, 0.3) is 5.91 Å². The minimum absolute atomic E-state index is 0.0998. The number of nitrogens with zero attached hydrogens (tertiary/aromatic N) is 1. The van der Waals surface area contributed by atoms with Gasteiger partial charge < -0.3 is 14.5 Å². The van der Waals surface area contributed by atoms with Crippen molar-refractivity contribution in [3.8, 4) is 17.2 Å². The number of halogens is 3. The highest BCUT2D eigenvalue weighted by Gasteiger charge is 2.13. The summed E-state index contributed by atoms with van der Waals surface area (Å²) in [6, 6.07) is 18.0. The lowest BCUT2D eigenvalue weighted by Crippen LogP contribution is -2.20. The van der Waals surface area contributed by atoms with E-state index in [1.807, 2.05) is 24.3 Å². The Morgan fingerprint density at radius 3 is 2.59 bits per heavy atom. The van der Waals surface area contributed by atoms with Crippen LogP contribution in [0.1, 0.15) is 0 Å². The molecule has 146 valence electrons. The van der Waals surface area contributed by atoms with Gasteiger partial charge >= 0.3 is 0 Å². The first-order chi connectivity index (χ1) is 14.0. The van der Waals surface area contributed by atoms with Gasteiger partial charge in [-0.1, -0.05) is 43.5 Å². The fourth-order valence-electron chi connectivity index (χ4n) is 2.66. The second kappa shape index (κ2) is 8.57. The lowest BCUT2D eigenvalue weighted by Gasteiger charge is -2.07.